The molecule has 0 atom stereocenters. The van der Waals surface area contributed by atoms with Crippen LogP contribution in [0.25, 0.3) is 10.2 Å². The lowest BCUT2D eigenvalue weighted by atomic mass is 10.2. The van der Waals surface area contributed by atoms with Gasteiger partial charge in [-0.1, -0.05) is 6.07 Å². The molecule has 3 aromatic rings. The third-order valence-corrected chi connectivity index (χ3v) is 6.64. The van der Waals surface area contributed by atoms with Crippen molar-refractivity contribution in [3.8, 4) is 0 Å². The summed E-state index contributed by atoms with van der Waals surface area (Å²) in [6.45, 7) is 6.11. The van der Waals surface area contributed by atoms with E-state index >= 15 is 0 Å². The van der Waals surface area contributed by atoms with Crippen LogP contribution >= 0.6 is 50.1 Å². The molecular formula is C15H15BrN2O2S3. The largest absolute Gasteiger partial charge is 0.443 e. The van der Waals surface area contributed by atoms with Crippen LogP contribution in [0.3, 0.4) is 0 Å². The van der Waals surface area contributed by atoms with Crippen LogP contribution in [0.2, 0.25) is 0 Å². The van der Waals surface area contributed by atoms with Crippen LogP contribution in [0.15, 0.2) is 27.4 Å². The molecule has 3 heterocycles. The lowest BCUT2D eigenvalue weighted by Gasteiger charge is -2.26. The van der Waals surface area contributed by atoms with Crippen LogP contribution in [0.5, 0.6) is 0 Å². The molecule has 0 saturated carbocycles. The standard InChI is InChI=1S/C15H15BrN2O2S3/c1-15(2,3)20-14(19)18(7-9-5-4-6-21-9)13-12-11(17-23-13)10(16)8-22-12/h4-6,8H,7H2,1-3H3. The molecule has 1 amide bonds. The Bertz CT molecular complexity index is 818. The van der Waals surface area contributed by atoms with Crippen LogP contribution in [0.1, 0.15) is 25.6 Å². The molecule has 3 rings (SSSR count). The van der Waals surface area contributed by atoms with E-state index in [0.717, 1.165) is 24.6 Å². The minimum absolute atomic E-state index is 0.346. The predicted molar refractivity (Wildman–Crippen MR) is 102 cm³/mol. The number of nitrogens with zero attached hydrogens (tertiary/aromatic N) is 2. The number of amides is 1. The average molecular weight is 431 g/mol. The van der Waals surface area contributed by atoms with Gasteiger partial charge in [0, 0.05) is 10.3 Å². The van der Waals surface area contributed by atoms with Gasteiger partial charge in [0.05, 0.1) is 15.7 Å². The second-order valence-electron chi connectivity index (χ2n) is 5.89. The van der Waals surface area contributed by atoms with Crippen molar-refractivity contribution in [3.05, 3.63) is 32.2 Å². The fourth-order valence-corrected chi connectivity index (χ4v) is 5.38. The maximum Gasteiger partial charge on any atom is 0.415 e. The molecule has 0 spiro atoms. The Labute approximate surface area is 155 Å². The molecule has 3 aromatic heterocycles. The average Bonchev–Trinajstić information content (AvgIpc) is 3.14. The molecule has 0 saturated heterocycles. The number of ether oxygens (including phenoxy) is 1. The zero-order valence-corrected chi connectivity index (χ0v) is 16.9. The maximum absolute atomic E-state index is 12.7. The van der Waals surface area contributed by atoms with E-state index < -0.39 is 5.60 Å². The van der Waals surface area contributed by atoms with Crippen LogP contribution in [-0.2, 0) is 11.3 Å². The third kappa shape index (κ3) is 3.76. The topological polar surface area (TPSA) is 42.4 Å². The van der Waals surface area contributed by atoms with E-state index in [2.05, 4.69) is 20.3 Å². The highest BCUT2D eigenvalue weighted by molar-refractivity contribution is 9.10. The smallest absolute Gasteiger partial charge is 0.415 e. The molecule has 0 unspecified atom stereocenters. The normalized spacial score (nSPS) is 11.8. The molecule has 0 fully saturated rings. The SMILES string of the molecule is CC(C)(C)OC(=O)N(Cc1cccs1)c1snc2c(Br)csc12. The van der Waals surface area contributed by atoms with Gasteiger partial charge >= 0.3 is 6.09 Å². The zero-order valence-electron chi connectivity index (χ0n) is 12.8. The number of fused-ring (bicyclic) bond motifs is 1. The molecule has 0 aromatic carbocycles. The Balaban J connectivity index is 1.98. The van der Waals surface area contributed by atoms with Gasteiger partial charge in [-0.25, -0.2) is 4.79 Å². The van der Waals surface area contributed by atoms with Crippen molar-refractivity contribution in [1.82, 2.24) is 4.37 Å². The van der Waals surface area contributed by atoms with Crippen LogP contribution < -0.4 is 4.90 Å². The molecule has 0 aliphatic rings. The van der Waals surface area contributed by atoms with Crippen molar-refractivity contribution < 1.29 is 9.53 Å². The van der Waals surface area contributed by atoms with Gasteiger partial charge in [0.25, 0.3) is 0 Å². The van der Waals surface area contributed by atoms with Crippen molar-refractivity contribution >= 4 is 71.4 Å². The Morgan fingerprint density at radius 3 is 2.83 bits per heavy atom. The summed E-state index contributed by atoms with van der Waals surface area (Å²) in [7, 11) is 0. The van der Waals surface area contributed by atoms with Crippen molar-refractivity contribution in [2.45, 2.75) is 32.9 Å². The molecule has 0 aliphatic heterocycles. The molecule has 4 nitrogen and oxygen atoms in total. The molecule has 0 N–H and O–H groups in total. The summed E-state index contributed by atoms with van der Waals surface area (Å²) in [5.74, 6) is 0. The third-order valence-electron chi connectivity index (χ3n) is 2.89. The second kappa shape index (κ2) is 6.51. The highest BCUT2D eigenvalue weighted by atomic mass is 79.9. The zero-order chi connectivity index (χ0) is 16.6. The predicted octanol–water partition coefficient (Wildman–Crippen LogP) is 6.12. The van der Waals surface area contributed by atoms with Crippen LogP contribution in [-0.4, -0.2) is 16.1 Å². The minimum atomic E-state index is -0.537. The number of rotatable bonds is 3. The summed E-state index contributed by atoms with van der Waals surface area (Å²) in [5, 5.41) is 4.83. The number of halogens is 1. The van der Waals surface area contributed by atoms with Crippen molar-refractivity contribution in [2.24, 2.45) is 0 Å². The van der Waals surface area contributed by atoms with Gasteiger partial charge in [-0.15, -0.1) is 22.7 Å². The molecule has 0 bridgehead atoms. The first kappa shape index (κ1) is 16.9. The lowest BCUT2D eigenvalue weighted by molar-refractivity contribution is 0.0579. The molecule has 122 valence electrons. The van der Waals surface area contributed by atoms with Crippen LogP contribution in [0.4, 0.5) is 9.80 Å². The number of carbonyl (C=O) groups excluding carboxylic acids is 1. The summed E-state index contributed by atoms with van der Waals surface area (Å²) in [5.41, 5.74) is 0.361. The number of hydrogen-bond donors (Lipinski definition) is 0. The summed E-state index contributed by atoms with van der Waals surface area (Å²) < 4.78 is 12.0. The number of carbonyl (C=O) groups is 1. The maximum atomic E-state index is 12.7. The number of hydrogen-bond acceptors (Lipinski definition) is 6. The first-order valence-electron chi connectivity index (χ1n) is 6.90. The number of thiophene rings is 2. The molecule has 8 heteroatoms. The van der Waals surface area contributed by atoms with E-state index in [1.165, 1.54) is 11.5 Å². The van der Waals surface area contributed by atoms with Gasteiger partial charge in [-0.05, 0) is 59.7 Å². The van der Waals surface area contributed by atoms with E-state index in [4.69, 9.17) is 4.74 Å². The monoisotopic (exact) mass is 430 g/mol. The van der Waals surface area contributed by atoms with Gasteiger partial charge in [0.15, 0.2) is 0 Å². The Morgan fingerprint density at radius 2 is 2.17 bits per heavy atom. The highest BCUT2D eigenvalue weighted by Gasteiger charge is 2.27. The van der Waals surface area contributed by atoms with E-state index in [-0.39, 0.29) is 6.09 Å². The van der Waals surface area contributed by atoms with Gasteiger partial charge in [0.2, 0.25) is 0 Å². The summed E-state index contributed by atoms with van der Waals surface area (Å²) in [4.78, 5) is 15.5. The highest BCUT2D eigenvalue weighted by Crippen LogP contribution is 2.41. The van der Waals surface area contributed by atoms with Crippen molar-refractivity contribution in [3.63, 3.8) is 0 Å². The van der Waals surface area contributed by atoms with E-state index in [0.29, 0.717) is 6.54 Å². The fourth-order valence-electron chi connectivity index (χ4n) is 1.96. The van der Waals surface area contributed by atoms with E-state index in [1.807, 2.05) is 43.7 Å². The van der Waals surface area contributed by atoms with Gasteiger partial charge < -0.3 is 4.74 Å². The van der Waals surface area contributed by atoms with Gasteiger partial charge in [-0.3, -0.25) is 4.90 Å². The van der Waals surface area contributed by atoms with Crippen molar-refractivity contribution in [2.75, 3.05) is 4.90 Å². The van der Waals surface area contributed by atoms with Crippen LogP contribution in [0, 0.1) is 0 Å². The Morgan fingerprint density at radius 1 is 1.39 bits per heavy atom. The summed E-state index contributed by atoms with van der Waals surface area (Å²) in [6, 6.07) is 4.00. The quantitative estimate of drug-likeness (QED) is 0.502. The Kier molecular flexibility index (Phi) is 4.78. The second-order valence-corrected chi connectivity index (χ2v) is 9.41. The lowest BCUT2D eigenvalue weighted by Crippen LogP contribution is -2.36. The molecule has 23 heavy (non-hydrogen) atoms. The minimum Gasteiger partial charge on any atom is -0.443 e. The number of aromatic nitrogens is 1. The molecule has 0 aliphatic carbocycles. The van der Waals surface area contributed by atoms with Gasteiger partial charge in [0.1, 0.15) is 16.1 Å². The molecule has 0 radical (unpaired) electrons. The number of anilines is 1. The van der Waals surface area contributed by atoms with Gasteiger partial charge in [-0.2, -0.15) is 4.37 Å². The van der Waals surface area contributed by atoms with Crippen molar-refractivity contribution in [1.29, 1.82) is 0 Å². The Hall–Kier alpha value is -0.960. The van der Waals surface area contributed by atoms with E-state index in [9.17, 15) is 4.79 Å². The fraction of sp³-hybridized carbons (Fsp3) is 0.333. The first-order valence-corrected chi connectivity index (χ1v) is 10.2. The van der Waals surface area contributed by atoms with E-state index in [1.54, 1.807) is 27.6 Å². The molecular weight excluding hydrogens is 416 g/mol. The summed E-state index contributed by atoms with van der Waals surface area (Å²) in [6.07, 6.45) is -0.346. The first-order chi connectivity index (χ1) is 10.8. The summed E-state index contributed by atoms with van der Waals surface area (Å²) >= 11 is 8.03.